The third-order valence-electron chi connectivity index (χ3n) is 2.96. The molecule has 0 unspecified atom stereocenters. The molecule has 5 nitrogen and oxygen atoms in total. The quantitative estimate of drug-likeness (QED) is 0.819. The summed E-state index contributed by atoms with van der Waals surface area (Å²) in [5.74, 6) is 0.792. The van der Waals surface area contributed by atoms with Crippen molar-refractivity contribution in [1.82, 2.24) is 9.78 Å². The molecule has 1 aromatic heterocycles. The van der Waals surface area contributed by atoms with E-state index in [0.29, 0.717) is 11.8 Å². The molecule has 0 aliphatic heterocycles. The largest absolute Gasteiger partial charge is 0.411 e. The molecule has 1 aromatic rings. The Balaban J connectivity index is 2.34. The van der Waals surface area contributed by atoms with Gasteiger partial charge in [0.25, 0.3) is 0 Å². The normalized spacial score (nSPS) is 16.2. The molecule has 2 rings (SSSR count). The molecule has 1 aliphatic carbocycles. The Kier molecular flexibility index (Phi) is 3.15. The number of carbonyl (C=O) groups excluding carboxylic acids is 1. The number of hydrogen-bond acceptors (Lipinski definition) is 3. The summed E-state index contributed by atoms with van der Waals surface area (Å²) in [5.41, 5.74) is 5.78. The van der Waals surface area contributed by atoms with Crippen LogP contribution < -0.4 is 10.5 Å². The second-order valence-electron chi connectivity index (χ2n) is 5.55. The lowest BCUT2D eigenvalue weighted by atomic mass is 10.0. The fraction of sp³-hybridized carbons (Fsp3) is 0.538. The van der Waals surface area contributed by atoms with E-state index < -0.39 is 6.09 Å². The summed E-state index contributed by atoms with van der Waals surface area (Å²) in [4.78, 5) is 10.9. The first-order valence-corrected chi connectivity index (χ1v) is 6.10. The highest BCUT2D eigenvalue weighted by Gasteiger charge is 2.25. The van der Waals surface area contributed by atoms with Crippen molar-refractivity contribution >= 4 is 6.09 Å². The molecule has 0 saturated heterocycles. The molecule has 0 atom stereocenters. The third kappa shape index (κ3) is 2.55. The first-order chi connectivity index (χ1) is 8.38. The van der Waals surface area contributed by atoms with Crippen molar-refractivity contribution in [3.05, 3.63) is 23.9 Å². The SMILES string of the molecule is CC(C)(C)n1nc(C2CC=CC2)cc1OC(N)=O. The molecule has 0 radical (unpaired) electrons. The van der Waals surface area contributed by atoms with Gasteiger partial charge >= 0.3 is 6.09 Å². The molecule has 1 amide bonds. The summed E-state index contributed by atoms with van der Waals surface area (Å²) in [6.45, 7) is 6.01. The first-order valence-electron chi connectivity index (χ1n) is 6.10. The zero-order valence-electron chi connectivity index (χ0n) is 11.0. The van der Waals surface area contributed by atoms with Crippen molar-refractivity contribution in [2.24, 2.45) is 5.73 Å². The van der Waals surface area contributed by atoms with Gasteiger partial charge in [0.15, 0.2) is 0 Å². The molecule has 98 valence electrons. The van der Waals surface area contributed by atoms with E-state index in [0.717, 1.165) is 18.5 Å². The number of aromatic nitrogens is 2. The second-order valence-corrected chi connectivity index (χ2v) is 5.55. The highest BCUT2D eigenvalue weighted by molar-refractivity contribution is 5.67. The molecule has 0 aromatic carbocycles. The molecule has 5 heteroatoms. The van der Waals surface area contributed by atoms with Crippen LogP contribution in [0, 0.1) is 0 Å². The van der Waals surface area contributed by atoms with Gasteiger partial charge in [0.2, 0.25) is 5.88 Å². The summed E-state index contributed by atoms with van der Waals surface area (Å²) in [5, 5.41) is 4.56. The van der Waals surface area contributed by atoms with Crippen molar-refractivity contribution in [1.29, 1.82) is 0 Å². The van der Waals surface area contributed by atoms with E-state index >= 15 is 0 Å². The van der Waals surface area contributed by atoms with Crippen molar-refractivity contribution < 1.29 is 9.53 Å². The van der Waals surface area contributed by atoms with Gasteiger partial charge in [-0.1, -0.05) is 12.2 Å². The Morgan fingerprint density at radius 2 is 2.06 bits per heavy atom. The van der Waals surface area contributed by atoms with Crippen LogP contribution in [0.2, 0.25) is 0 Å². The highest BCUT2D eigenvalue weighted by Crippen LogP contribution is 2.32. The van der Waals surface area contributed by atoms with Crippen LogP contribution in [0.4, 0.5) is 4.79 Å². The summed E-state index contributed by atoms with van der Waals surface area (Å²) >= 11 is 0. The minimum Gasteiger partial charge on any atom is -0.392 e. The van der Waals surface area contributed by atoms with Gasteiger partial charge in [-0.2, -0.15) is 5.10 Å². The molecule has 0 saturated carbocycles. The van der Waals surface area contributed by atoms with Crippen molar-refractivity contribution in [2.45, 2.75) is 45.1 Å². The van der Waals surface area contributed by atoms with E-state index in [9.17, 15) is 4.79 Å². The lowest BCUT2D eigenvalue weighted by molar-refractivity contribution is 0.200. The second kappa shape index (κ2) is 4.48. The molecule has 2 N–H and O–H groups in total. The minimum absolute atomic E-state index is 0.255. The minimum atomic E-state index is -0.809. The van der Waals surface area contributed by atoms with Gasteiger partial charge in [-0.3, -0.25) is 0 Å². The summed E-state index contributed by atoms with van der Waals surface area (Å²) < 4.78 is 6.74. The van der Waals surface area contributed by atoms with E-state index in [4.69, 9.17) is 10.5 Å². The number of carbonyl (C=O) groups is 1. The van der Waals surface area contributed by atoms with Crippen LogP contribution in [0.15, 0.2) is 18.2 Å². The van der Waals surface area contributed by atoms with Gasteiger partial charge in [-0.25, -0.2) is 9.48 Å². The summed E-state index contributed by atoms with van der Waals surface area (Å²) in [6.07, 6.45) is 5.45. The van der Waals surface area contributed by atoms with Gasteiger partial charge in [-0.15, -0.1) is 0 Å². The number of ether oxygens (including phenoxy) is 1. The zero-order valence-corrected chi connectivity index (χ0v) is 11.0. The van der Waals surface area contributed by atoms with Crippen molar-refractivity contribution in [2.75, 3.05) is 0 Å². The van der Waals surface area contributed by atoms with Gasteiger partial charge < -0.3 is 10.5 Å². The lowest BCUT2D eigenvalue weighted by Gasteiger charge is -2.21. The van der Waals surface area contributed by atoms with Crippen LogP contribution in [-0.2, 0) is 5.54 Å². The van der Waals surface area contributed by atoms with E-state index in [2.05, 4.69) is 17.3 Å². The number of rotatable bonds is 2. The first kappa shape index (κ1) is 12.7. The fourth-order valence-corrected chi connectivity index (χ4v) is 2.10. The monoisotopic (exact) mass is 249 g/mol. The number of primary amides is 1. The van der Waals surface area contributed by atoms with Gasteiger partial charge in [-0.05, 0) is 33.6 Å². The maximum Gasteiger partial charge on any atom is 0.411 e. The van der Waals surface area contributed by atoms with Crippen LogP contribution in [0.1, 0.15) is 45.2 Å². The Morgan fingerprint density at radius 1 is 1.44 bits per heavy atom. The predicted molar refractivity (Wildman–Crippen MR) is 68.5 cm³/mol. The number of nitrogens with two attached hydrogens (primary N) is 1. The smallest absolute Gasteiger partial charge is 0.392 e. The molecule has 1 aliphatic rings. The van der Waals surface area contributed by atoms with Crippen molar-refractivity contribution in [3.63, 3.8) is 0 Å². The van der Waals surface area contributed by atoms with Crippen LogP contribution in [-0.4, -0.2) is 15.9 Å². The van der Waals surface area contributed by atoms with Gasteiger partial charge in [0.1, 0.15) is 0 Å². The summed E-state index contributed by atoms with van der Waals surface area (Å²) in [7, 11) is 0. The predicted octanol–water partition coefficient (Wildman–Crippen LogP) is 2.53. The Bertz CT molecular complexity index is 475. The Morgan fingerprint density at radius 3 is 2.56 bits per heavy atom. The van der Waals surface area contributed by atoms with Crippen LogP contribution in [0.5, 0.6) is 5.88 Å². The molecular formula is C13H19N3O2. The van der Waals surface area contributed by atoms with E-state index in [1.807, 2.05) is 26.8 Å². The van der Waals surface area contributed by atoms with E-state index in [1.165, 1.54) is 0 Å². The Labute approximate surface area is 107 Å². The van der Waals surface area contributed by atoms with Crippen molar-refractivity contribution in [3.8, 4) is 5.88 Å². The molecule has 1 heterocycles. The van der Waals surface area contributed by atoms with Gasteiger partial charge in [0.05, 0.1) is 11.2 Å². The van der Waals surface area contributed by atoms with Gasteiger partial charge in [0, 0.05) is 12.0 Å². The van der Waals surface area contributed by atoms with Crippen LogP contribution in [0.3, 0.4) is 0 Å². The number of allylic oxidation sites excluding steroid dienone is 2. The Hall–Kier alpha value is -1.78. The third-order valence-corrected chi connectivity index (χ3v) is 2.96. The number of amides is 1. The van der Waals surface area contributed by atoms with Crippen LogP contribution >= 0.6 is 0 Å². The number of hydrogen-bond donors (Lipinski definition) is 1. The zero-order chi connectivity index (χ0) is 13.3. The average Bonchev–Trinajstić information content (AvgIpc) is 2.81. The van der Waals surface area contributed by atoms with Crippen LogP contribution in [0.25, 0.3) is 0 Å². The molecule has 0 spiro atoms. The highest BCUT2D eigenvalue weighted by atomic mass is 16.6. The maximum atomic E-state index is 10.9. The molecule has 0 fully saturated rings. The molecule has 0 bridgehead atoms. The fourth-order valence-electron chi connectivity index (χ4n) is 2.10. The average molecular weight is 249 g/mol. The number of nitrogens with zero attached hydrogens (tertiary/aromatic N) is 2. The topological polar surface area (TPSA) is 70.1 Å². The van der Waals surface area contributed by atoms with E-state index in [1.54, 1.807) is 4.68 Å². The summed E-state index contributed by atoms with van der Waals surface area (Å²) in [6, 6.07) is 1.81. The maximum absolute atomic E-state index is 10.9. The molecule has 18 heavy (non-hydrogen) atoms. The standard InChI is InChI=1S/C13H19N3O2/c1-13(2,3)16-11(18-12(14)17)8-10(15-16)9-6-4-5-7-9/h4-5,8-9H,6-7H2,1-3H3,(H2,14,17). The van der Waals surface area contributed by atoms with E-state index in [-0.39, 0.29) is 5.54 Å². The molecular weight excluding hydrogens is 230 g/mol. The lowest BCUT2D eigenvalue weighted by Crippen LogP contribution is -2.27.